The molecule has 1 aromatic carbocycles. The van der Waals surface area contributed by atoms with E-state index in [1.807, 2.05) is 17.5 Å². The lowest BCUT2D eigenvalue weighted by Gasteiger charge is -2.06. The normalized spacial score (nSPS) is 10.2. The number of carbonyl (C=O) groups is 1. The van der Waals surface area contributed by atoms with Crippen molar-refractivity contribution in [2.45, 2.75) is 6.61 Å². The molecule has 0 aliphatic rings. The Kier molecular flexibility index (Phi) is 4.94. The fourth-order valence-corrected chi connectivity index (χ4v) is 2.14. The molecule has 2 N–H and O–H groups in total. The molecule has 0 spiro atoms. The minimum absolute atomic E-state index is 0.0618. The second-order valence-corrected chi connectivity index (χ2v) is 4.90. The number of aliphatic hydroxyl groups is 1. The topological polar surface area (TPSA) is 58.6 Å². The van der Waals surface area contributed by atoms with Crippen LogP contribution in [0.5, 0.6) is 5.75 Å². The summed E-state index contributed by atoms with van der Waals surface area (Å²) < 4.78 is 5.60. The Morgan fingerprint density at radius 2 is 2.05 bits per heavy atom. The molecule has 0 bridgehead atoms. The average molecular weight is 277 g/mol. The standard InChI is InChI=1S/C14H15NO3S/c16-8-7-15-14(17)11-3-5-12(6-4-11)18-10-13-2-1-9-19-13/h1-6,9,16H,7-8,10H2,(H,15,17). The van der Waals surface area contributed by atoms with Crippen LogP contribution in [0.1, 0.15) is 15.2 Å². The van der Waals surface area contributed by atoms with E-state index in [-0.39, 0.29) is 19.1 Å². The van der Waals surface area contributed by atoms with Gasteiger partial charge in [-0.2, -0.15) is 0 Å². The van der Waals surface area contributed by atoms with Gasteiger partial charge in [0.05, 0.1) is 6.61 Å². The lowest BCUT2D eigenvalue weighted by molar-refractivity contribution is 0.0944. The molecular weight excluding hydrogens is 262 g/mol. The highest BCUT2D eigenvalue weighted by Crippen LogP contribution is 2.16. The van der Waals surface area contributed by atoms with Crippen molar-refractivity contribution in [3.05, 3.63) is 52.2 Å². The molecule has 5 heteroatoms. The van der Waals surface area contributed by atoms with Gasteiger partial charge in [0, 0.05) is 17.0 Å². The first-order chi connectivity index (χ1) is 9.29. The molecule has 4 nitrogen and oxygen atoms in total. The minimum Gasteiger partial charge on any atom is -0.488 e. The molecule has 0 radical (unpaired) electrons. The molecule has 1 heterocycles. The number of amides is 1. The van der Waals surface area contributed by atoms with E-state index >= 15 is 0 Å². The van der Waals surface area contributed by atoms with Gasteiger partial charge < -0.3 is 15.2 Å². The summed E-state index contributed by atoms with van der Waals surface area (Å²) in [6, 6.07) is 10.9. The van der Waals surface area contributed by atoms with Crippen molar-refractivity contribution in [2.24, 2.45) is 0 Å². The summed E-state index contributed by atoms with van der Waals surface area (Å²) in [4.78, 5) is 12.8. The summed E-state index contributed by atoms with van der Waals surface area (Å²) in [5.41, 5.74) is 0.553. The van der Waals surface area contributed by atoms with Gasteiger partial charge in [-0.15, -0.1) is 11.3 Å². The maximum atomic E-state index is 11.6. The zero-order valence-corrected chi connectivity index (χ0v) is 11.2. The Balaban J connectivity index is 1.89. The Morgan fingerprint density at radius 3 is 2.68 bits per heavy atom. The fraction of sp³-hybridized carbons (Fsp3) is 0.214. The number of aliphatic hydroxyl groups excluding tert-OH is 1. The molecule has 1 amide bonds. The average Bonchev–Trinajstić information content (AvgIpc) is 2.96. The van der Waals surface area contributed by atoms with Gasteiger partial charge in [0.2, 0.25) is 0 Å². The predicted octanol–water partition coefficient (Wildman–Crippen LogP) is 2.05. The van der Waals surface area contributed by atoms with Crippen molar-refractivity contribution < 1.29 is 14.6 Å². The molecule has 0 aliphatic heterocycles. The van der Waals surface area contributed by atoms with Gasteiger partial charge in [-0.25, -0.2) is 0 Å². The number of hydrogen-bond acceptors (Lipinski definition) is 4. The molecule has 2 rings (SSSR count). The molecule has 0 saturated carbocycles. The quantitative estimate of drug-likeness (QED) is 0.849. The van der Waals surface area contributed by atoms with Gasteiger partial charge in [0.25, 0.3) is 5.91 Å². The molecule has 19 heavy (non-hydrogen) atoms. The highest BCUT2D eigenvalue weighted by Gasteiger charge is 2.04. The smallest absolute Gasteiger partial charge is 0.251 e. The van der Waals surface area contributed by atoms with Crippen LogP contribution in [-0.2, 0) is 6.61 Å². The first-order valence-corrected chi connectivity index (χ1v) is 6.82. The van der Waals surface area contributed by atoms with E-state index in [1.165, 1.54) is 0 Å². The Labute approximate surface area is 115 Å². The molecule has 1 aromatic heterocycles. The zero-order valence-electron chi connectivity index (χ0n) is 10.3. The van der Waals surface area contributed by atoms with Crippen LogP contribution in [0.3, 0.4) is 0 Å². The fourth-order valence-electron chi connectivity index (χ4n) is 1.52. The number of rotatable bonds is 6. The van der Waals surface area contributed by atoms with Gasteiger partial charge in [-0.3, -0.25) is 4.79 Å². The van der Waals surface area contributed by atoms with Crippen molar-refractivity contribution in [3.63, 3.8) is 0 Å². The van der Waals surface area contributed by atoms with Crippen LogP contribution < -0.4 is 10.1 Å². The number of thiophene rings is 1. The van der Waals surface area contributed by atoms with Crippen molar-refractivity contribution in [2.75, 3.05) is 13.2 Å². The van der Waals surface area contributed by atoms with Crippen molar-refractivity contribution >= 4 is 17.2 Å². The summed E-state index contributed by atoms with van der Waals surface area (Å²) >= 11 is 1.65. The lowest BCUT2D eigenvalue weighted by Crippen LogP contribution is -2.26. The SMILES string of the molecule is O=C(NCCO)c1ccc(OCc2cccs2)cc1. The second-order valence-electron chi connectivity index (χ2n) is 3.87. The summed E-state index contributed by atoms with van der Waals surface area (Å²) in [6.07, 6.45) is 0. The van der Waals surface area contributed by atoms with Gasteiger partial charge in [-0.1, -0.05) is 6.07 Å². The minimum atomic E-state index is -0.196. The third-order valence-electron chi connectivity index (χ3n) is 2.48. The predicted molar refractivity (Wildman–Crippen MR) is 74.5 cm³/mol. The zero-order chi connectivity index (χ0) is 13.5. The van der Waals surface area contributed by atoms with Gasteiger partial charge in [0.1, 0.15) is 12.4 Å². The second kappa shape index (κ2) is 6.92. The summed E-state index contributed by atoms with van der Waals surface area (Å²) in [7, 11) is 0. The van der Waals surface area contributed by atoms with Crippen molar-refractivity contribution in [3.8, 4) is 5.75 Å². The molecule has 0 atom stereocenters. The molecule has 0 unspecified atom stereocenters. The number of ether oxygens (including phenoxy) is 1. The lowest BCUT2D eigenvalue weighted by atomic mass is 10.2. The number of hydrogen-bond donors (Lipinski definition) is 2. The molecule has 2 aromatic rings. The van der Waals surface area contributed by atoms with Crippen molar-refractivity contribution in [1.82, 2.24) is 5.32 Å². The van der Waals surface area contributed by atoms with Crippen LogP contribution in [0.15, 0.2) is 41.8 Å². The maximum absolute atomic E-state index is 11.6. The largest absolute Gasteiger partial charge is 0.488 e. The number of nitrogens with one attached hydrogen (secondary N) is 1. The van der Waals surface area contributed by atoms with Crippen LogP contribution in [0.2, 0.25) is 0 Å². The van der Waals surface area contributed by atoms with E-state index in [2.05, 4.69) is 5.32 Å². The molecule has 100 valence electrons. The Hall–Kier alpha value is -1.85. The van der Waals surface area contributed by atoms with E-state index in [4.69, 9.17) is 9.84 Å². The van der Waals surface area contributed by atoms with E-state index < -0.39 is 0 Å². The summed E-state index contributed by atoms with van der Waals surface area (Å²) in [5, 5.41) is 13.2. The van der Waals surface area contributed by atoms with Crippen molar-refractivity contribution in [1.29, 1.82) is 0 Å². The summed E-state index contributed by atoms with van der Waals surface area (Å²) in [5.74, 6) is 0.533. The van der Waals surface area contributed by atoms with E-state index in [0.717, 1.165) is 10.6 Å². The number of benzene rings is 1. The van der Waals surface area contributed by atoms with E-state index in [1.54, 1.807) is 35.6 Å². The molecule has 0 fully saturated rings. The van der Waals surface area contributed by atoms with Gasteiger partial charge in [-0.05, 0) is 35.7 Å². The number of carbonyl (C=O) groups excluding carboxylic acids is 1. The third kappa shape index (κ3) is 4.08. The Morgan fingerprint density at radius 1 is 1.26 bits per heavy atom. The van der Waals surface area contributed by atoms with E-state index in [0.29, 0.717) is 12.2 Å². The molecular formula is C14H15NO3S. The van der Waals surface area contributed by atoms with Crippen LogP contribution in [-0.4, -0.2) is 24.2 Å². The monoisotopic (exact) mass is 277 g/mol. The molecule has 0 aliphatic carbocycles. The van der Waals surface area contributed by atoms with Crippen LogP contribution in [0.4, 0.5) is 0 Å². The van der Waals surface area contributed by atoms with Gasteiger partial charge >= 0.3 is 0 Å². The highest BCUT2D eigenvalue weighted by atomic mass is 32.1. The van der Waals surface area contributed by atoms with Crippen LogP contribution >= 0.6 is 11.3 Å². The summed E-state index contributed by atoms with van der Waals surface area (Å²) in [6.45, 7) is 0.733. The first-order valence-electron chi connectivity index (χ1n) is 5.94. The highest BCUT2D eigenvalue weighted by molar-refractivity contribution is 7.09. The van der Waals surface area contributed by atoms with Gasteiger partial charge in [0.15, 0.2) is 0 Å². The first kappa shape index (κ1) is 13.6. The van der Waals surface area contributed by atoms with E-state index in [9.17, 15) is 4.79 Å². The van der Waals surface area contributed by atoms with Crippen LogP contribution in [0, 0.1) is 0 Å². The molecule has 0 saturated heterocycles. The van der Waals surface area contributed by atoms with Crippen LogP contribution in [0.25, 0.3) is 0 Å². The maximum Gasteiger partial charge on any atom is 0.251 e. The third-order valence-corrected chi connectivity index (χ3v) is 3.32. The Bertz CT molecular complexity index is 508.